The van der Waals surface area contributed by atoms with Gasteiger partial charge in [-0.3, -0.25) is 10.1 Å². The number of thiocarbonyl (C=S) groups is 1. The quantitative estimate of drug-likeness (QED) is 0.401. The molecule has 1 amide bonds. The summed E-state index contributed by atoms with van der Waals surface area (Å²) in [6.07, 6.45) is 0.947. The molecule has 5 nitrogen and oxygen atoms in total. The Labute approximate surface area is 186 Å². The van der Waals surface area contributed by atoms with Crippen LogP contribution in [0.25, 0.3) is 22.6 Å². The molecule has 0 atom stereocenters. The Morgan fingerprint density at radius 2 is 1.90 bits per heavy atom. The lowest BCUT2D eigenvalue weighted by Crippen LogP contribution is -2.34. The summed E-state index contributed by atoms with van der Waals surface area (Å²) in [4.78, 5) is 17.2. The SMILES string of the molecule is CCc1ccc2oc(-c3cccc(NC(=S)NC(=O)c4ccc(C)cc4C)c3)nc2c1. The number of carbonyl (C=O) groups is 1. The number of oxazole rings is 1. The largest absolute Gasteiger partial charge is 0.436 e. The van der Waals surface area contributed by atoms with E-state index in [0.29, 0.717) is 11.5 Å². The molecule has 0 saturated heterocycles. The van der Waals surface area contributed by atoms with E-state index in [9.17, 15) is 4.79 Å². The topological polar surface area (TPSA) is 67.2 Å². The molecule has 3 aromatic carbocycles. The fourth-order valence-electron chi connectivity index (χ4n) is 3.45. The molecule has 0 aliphatic carbocycles. The van der Waals surface area contributed by atoms with E-state index in [1.807, 2.05) is 68.4 Å². The van der Waals surface area contributed by atoms with E-state index >= 15 is 0 Å². The third-order valence-electron chi connectivity index (χ3n) is 5.08. The summed E-state index contributed by atoms with van der Waals surface area (Å²) in [6, 6.07) is 19.3. The lowest BCUT2D eigenvalue weighted by atomic mass is 10.1. The summed E-state index contributed by atoms with van der Waals surface area (Å²) < 4.78 is 5.92. The van der Waals surface area contributed by atoms with Gasteiger partial charge in [-0.05, 0) is 80.0 Å². The third-order valence-corrected chi connectivity index (χ3v) is 5.29. The van der Waals surface area contributed by atoms with Crippen LogP contribution in [0.5, 0.6) is 0 Å². The molecular formula is C25H23N3O2S. The Morgan fingerprint density at radius 1 is 1.06 bits per heavy atom. The molecule has 0 unspecified atom stereocenters. The zero-order chi connectivity index (χ0) is 22.0. The van der Waals surface area contributed by atoms with Gasteiger partial charge in [-0.2, -0.15) is 0 Å². The Kier molecular flexibility index (Phi) is 5.82. The van der Waals surface area contributed by atoms with Crippen LogP contribution < -0.4 is 10.6 Å². The molecule has 1 aromatic heterocycles. The Balaban J connectivity index is 1.49. The first-order chi connectivity index (χ1) is 14.9. The van der Waals surface area contributed by atoms with Gasteiger partial charge in [-0.15, -0.1) is 0 Å². The van der Waals surface area contributed by atoms with Gasteiger partial charge in [0.25, 0.3) is 5.91 Å². The molecule has 1 heterocycles. The lowest BCUT2D eigenvalue weighted by molar-refractivity contribution is 0.0977. The van der Waals surface area contributed by atoms with Gasteiger partial charge in [0.1, 0.15) is 5.52 Å². The second kappa shape index (κ2) is 8.70. The summed E-state index contributed by atoms with van der Waals surface area (Å²) >= 11 is 5.34. The number of rotatable bonds is 4. The molecule has 0 bridgehead atoms. The molecule has 0 fully saturated rings. The van der Waals surface area contributed by atoms with E-state index in [1.54, 1.807) is 6.07 Å². The molecule has 6 heteroatoms. The van der Waals surface area contributed by atoms with Crippen molar-refractivity contribution < 1.29 is 9.21 Å². The fourth-order valence-corrected chi connectivity index (χ4v) is 3.66. The first kappa shape index (κ1) is 20.8. The lowest BCUT2D eigenvalue weighted by Gasteiger charge is -2.11. The number of aryl methyl sites for hydroxylation is 3. The second-order valence-electron chi connectivity index (χ2n) is 7.48. The van der Waals surface area contributed by atoms with E-state index in [4.69, 9.17) is 16.6 Å². The van der Waals surface area contributed by atoms with Gasteiger partial charge >= 0.3 is 0 Å². The minimum atomic E-state index is -0.239. The summed E-state index contributed by atoms with van der Waals surface area (Å²) in [5.41, 5.74) is 6.98. The average Bonchev–Trinajstić information content (AvgIpc) is 3.17. The van der Waals surface area contributed by atoms with Crippen molar-refractivity contribution in [3.63, 3.8) is 0 Å². The van der Waals surface area contributed by atoms with Gasteiger partial charge in [0.2, 0.25) is 5.89 Å². The molecule has 0 radical (unpaired) electrons. The summed E-state index contributed by atoms with van der Waals surface area (Å²) in [5.74, 6) is 0.300. The Hall–Kier alpha value is -3.51. The monoisotopic (exact) mass is 429 g/mol. The van der Waals surface area contributed by atoms with E-state index in [0.717, 1.165) is 39.9 Å². The van der Waals surface area contributed by atoms with Crippen molar-refractivity contribution in [3.8, 4) is 11.5 Å². The van der Waals surface area contributed by atoms with Crippen LogP contribution in [0.1, 0.15) is 34.0 Å². The molecule has 4 rings (SSSR count). The van der Waals surface area contributed by atoms with Gasteiger partial charge < -0.3 is 9.73 Å². The van der Waals surface area contributed by atoms with Crippen LogP contribution in [0.15, 0.2) is 65.1 Å². The number of hydrogen-bond donors (Lipinski definition) is 2. The summed E-state index contributed by atoms with van der Waals surface area (Å²) in [6.45, 7) is 6.01. The zero-order valence-corrected chi connectivity index (χ0v) is 18.5. The standard InChI is InChI=1S/C25H23N3O2S/c1-4-17-9-11-22-21(13-17)27-24(30-22)18-6-5-7-19(14-18)26-25(31)28-23(29)20-10-8-15(2)12-16(20)3/h5-14H,4H2,1-3H3,(H2,26,28,29,31). The van der Waals surface area contributed by atoms with Crippen LogP contribution >= 0.6 is 12.2 Å². The van der Waals surface area contributed by atoms with Crippen molar-refractivity contribution in [2.45, 2.75) is 27.2 Å². The summed E-state index contributed by atoms with van der Waals surface area (Å²) in [7, 11) is 0. The van der Waals surface area contributed by atoms with Crippen LogP contribution in [0.2, 0.25) is 0 Å². The maximum Gasteiger partial charge on any atom is 0.257 e. The van der Waals surface area contributed by atoms with Crippen molar-refractivity contribution in [1.82, 2.24) is 10.3 Å². The Morgan fingerprint density at radius 3 is 2.68 bits per heavy atom. The van der Waals surface area contributed by atoms with Crippen LogP contribution in [0.3, 0.4) is 0 Å². The van der Waals surface area contributed by atoms with Crippen molar-refractivity contribution in [1.29, 1.82) is 0 Å². The van der Waals surface area contributed by atoms with Crippen LogP contribution in [0, 0.1) is 13.8 Å². The highest BCUT2D eigenvalue weighted by atomic mass is 32.1. The normalized spacial score (nSPS) is 10.8. The van der Waals surface area contributed by atoms with Crippen molar-refractivity contribution >= 4 is 40.0 Å². The molecule has 31 heavy (non-hydrogen) atoms. The van der Waals surface area contributed by atoms with Gasteiger partial charge in [-0.25, -0.2) is 4.98 Å². The number of anilines is 1. The predicted molar refractivity (Wildman–Crippen MR) is 128 cm³/mol. The molecule has 4 aromatic rings. The Bertz CT molecular complexity index is 1290. The molecule has 0 saturated carbocycles. The average molecular weight is 430 g/mol. The number of nitrogens with zero attached hydrogens (tertiary/aromatic N) is 1. The number of amides is 1. The smallest absolute Gasteiger partial charge is 0.257 e. The van der Waals surface area contributed by atoms with Gasteiger partial charge in [-0.1, -0.05) is 36.8 Å². The molecule has 0 aliphatic heterocycles. The fraction of sp³-hybridized carbons (Fsp3) is 0.160. The minimum absolute atomic E-state index is 0.229. The first-order valence-electron chi connectivity index (χ1n) is 10.1. The van der Waals surface area contributed by atoms with E-state index in [-0.39, 0.29) is 11.0 Å². The van der Waals surface area contributed by atoms with E-state index in [2.05, 4.69) is 22.5 Å². The maximum atomic E-state index is 12.6. The molecule has 0 aliphatic rings. The number of hydrogen-bond acceptors (Lipinski definition) is 4. The van der Waals surface area contributed by atoms with Gasteiger partial charge in [0, 0.05) is 16.8 Å². The second-order valence-corrected chi connectivity index (χ2v) is 7.89. The van der Waals surface area contributed by atoms with Crippen molar-refractivity contribution in [2.75, 3.05) is 5.32 Å². The molecule has 2 N–H and O–H groups in total. The number of fused-ring (bicyclic) bond motifs is 1. The molecule has 156 valence electrons. The van der Waals surface area contributed by atoms with Crippen LogP contribution in [-0.2, 0) is 6.42 Å². The van der Waals surface area contributed by atoms with E-state index in [1.165, 1.54) is 5.56 Å². The van der Waals surface area contributed by atoms with Crippen molar-refractivity contribution in [3.05, 3.63) is 82.9 Å². The van der Waals surface area contributed by atoms with E-state index < -0.39 is 0 Å². The minimum Gasteiger partial charge on any atom is -0.436 e. The van der Waals surface area contributed by atoms with Crippen molar-refractivity contribution in [2.24, 2.45) is 0 Å². The van der Waals surface area contributed by atoms with Crippen LogP contribution in [0.4, 0.5) is 5.69 Å². The molecular weight excluding hydrogens is 406 g/mol. The number of aromatic nitrogens is 1. The predicted octanol–water partition coefficient (Wildman–Crippen LogP) is 5.80. The summed E-state index contributed by atoms with van der Waals surface area (Å²) in [5, 5.41) is 6.04. The van der Waals surface area contributed by atoms with Gasteiger partial charge in [0.15, 0.2) is 10.7 Å². The number of carbonyl (C=O) groups excluding carboxylic acids is 1. The number of benzene rings is 3. The van der Waals surface area contributed by atoms with Crippen LogP contribution in [-0.4, -0.2) is 16.0 Å². The highest BCUT2D eigenvalue weighted by molar-refractivity contribution is 7.80. The molecule has 0 spiro atoms. The maximum absolute atomic E-state index is 12.6. The van der Waals surface area contributed by atoms with Gasteiger partial charge in [0.05, 0.1) is 0 Å². The highest BCUT2D eigenvalue weighted by Gasteiger charge is 2.12. The number of nitrogens with one attached hydrogen (secondary N) is 2. The zero-order valence-electron chi connectivity index (χ0n) is 17.7. The third kappa shape index (κ3) is 4.64. The highest BCUT2D eigenvalue weighted by Crippen LogP contribution is 2.27. The first-order valence-corrected chi connectivity index (χ1v) is 10.5.